The summed E-state index contributed by atoms with van der Waals surface area (Å²) in [4.78, 5) is 9.85. The Morgan fingerprint density at radius 3 is 2.02 bits per heavy atom. The molecule has 0 bridgehead atoms. The Morgan fingerprint density at radius 2 is 1.22 bits per heavy atom. The van der Waals surface area contributed by atoms with Gasteiger partial charge in [0.2, 0.25) is 5.96 Å². The second-order valence-corrected chi connectivity index (χ2v) is 12.2. The normalized spacial score (nSPS) is 12.1. The predicted molar refractivity (Wildman–Crippen MR) is 208 cm³/mol. The molecule has 5 heteroatoms. The van der Waals surface area contributed by atoms with Crippen LogP contribution in [0.15, 0.2) is 184 Å². The van der Waals surface area contributed by atoms with E-state index in [9.17, 15) is 5.41 Å². The van der Waals surface area contributed by atoms with Gasteiger partial charge in [0.25, 0.3) is 0 Å². The third-order valence-corrected chi connectivity index (χ3v) is 9.18. The topological polar surface area (TPSA) is 66.6 Å². The summed E-state index contributed by atoms with van der Waals surface area (Å²) in [6.45, 7) is 0. The Labute approximate surface area is 288 Å². The fraction of sp³-hybridized carbons (Fsp3) is 0. The second-order valence-electron chi connectivity index (χ2n) is 12.2. The molecule has 9 aromatic rings. The molecule has 7 aromatic carbocycles. The molecule has 5 nitrogen and oxygen atoms in total. The molecule has 0 atom stereocenters. The summed E-state index contributed by atoms with van der Waals surface area (Å²) >= 11 is 0. The number of rotatable bonds is 4. The Hall–Kier alpha value is -6.85. The number of aliphatic imine (C=N–C) groups is 2. The van der Waals surface area contributed by atoms with Crippen LogP contribution in [-0.2, 0) is 0 Å². The molecular formula is C45H30N4O. The lowest BCUT2D eigenvalue weighted by Gasteiger charge is -2.09. The Kier molecular flexibility index (Phi) is 7.21. The smallest absolute Gasteiger partial charge is 0.229 e. The zero-order valence-electron chi connectivity index (χ0n) is 27.0. The molecule has 0 aliphatic carbocycles. The highest BCUT2D eigenvalue weighted by Gasteiger charge is 2.18. The van der Waals surface area contributed by atoms with Gasteiger partial charge < -0.3 is 4.42 Å². The standard InChI is InChI=1S/C45H30N4O/c46-45(49-39-21-11-10-19-36(39)37-25-23-33(27-40(37)49)31-15-6-2-7-16-31)48-44(47-29-30-13-4-1-5-14-30)34-24-26-38-42(28-34)50-41-22-12-20-35(43(38)41)32-17-8-3-9-18-32/h1-29,46H. The first-order chi connectivity index (χ1) is 24.7. The van der Waals surface area contributed by atoms with Crippen molar-refractivity contribution in [3.63, 3.8) is 0 Å². The fourth-order valence-electron chi connectivity index (χ4n) is 6.83. The lowest BCUT2D eigenvalue weighted by Crippen LogP contribution is -2.11. The molecule has 2 aromatic heterocycles. The lowest BCUT2D eigenvalue weighted by atomic mass is 9.99. The average Bonchev–Trinajstić information content (AvgIpc) is 3.72. The van der Waals surface area contributed by atoms with Gasteiger partial charge in [-0.15, -0.1) is 0 Å². The summed E-state index contributed by atoms with van der Waals surface area (Å²) in [5.74, 6) is 0.479. The highest BCUT2D eigenvalue weighted by Crippen LogP contribution is 2.37. The number of benzene rings is 7. The predicted octanol–water partition coefficient (Wildman–Crippen LogP) is 11.4. The van der Waals surface area contributed by atoms with Crippen molar-refractivity contribution in [2.45, 2.75) is 0 Å². The van der Waals surface area contributed by atoms with Crippen LogP contribution in [0.25, 0.3) is 66.0 Å². The van der Waals surface area contributed by atoms with Crippen LogP contribution in [0.1, 0.15) is 11.1 Å². The molecule has 9 rings (SSSR count). The van der Waals surface area contributed by atoms with Gasteiger partial charge in [-0.3, -0.25) is 9.98 Å². The number of amidine groups is 1. The average molecular weight is 643 g/mol. The molecule has 0 amide bonds. The quantitative estimate of drug-likeness (QED) is 0.151. The molecule has 1 N–H and O–H groups in total. The molecule has 0 fully saturated rings. The van der Waals surface area contributed by atoms with Gasteiger partial charge in [-0.1, -0.05) is 140 Å². The van der Waals surface area contributed by atoms with Crippen LogP contribution in [0.5, 0.6) is 0 Å². The van der Waals surface area contributed by atoms with Gasteiger partial charge in [0.05, 0.1) is 11.0 Å². The van der Waals surface area contributed by atoms with Crippen molar-refractivity contribution in [2.24, 2.45) is 9.98 Å². The van der Waals surface area contributed by atoms with Crippen molar-refractivity contribution in [1.29, 1.82) is 5.41 Å². The van der Waals surface area contributed by atoms with Crippen molar-refractivity contribution >= 4 is 61.8 Å². The van der Waals surface area contributed by atoms with E-state index in [1.54, 1.807) is 6.21 Å². The summed E-state index contributed by atoms with van der Waals surface area (Å²) in [6.07, 6.45) is 1.79. The van der Waals surface area contributed by atoms with Gasteiger partial charge in [0, 0.05) is 33.3 Å². The van der Waals surface area contributed by atoms with E-state index in [1.807, 2.05) is 102 Å². The van der Waals surface area contributed by atoms with E-state index in [-0.39, 0.29) is 5.96 Å². The van der Waals surface area contributed by atoms with Gasteiger partial charge >= 0.3 is 0 Å². The SMILES string of the molecule is N=C(N=C(N=Cc1ccccc1)c1ccc2c(c1)oc1cccc(-c3ccccc3)c12)n1c2ccccc2c2ccc(-c3ccccc3)cc21. The number of aromatic nitrogens is 1. The monoisotopic (exact) mass is 642 g/mol. The largest absolute Gasteiger partial charge is 0.456 e. The fourth-order valence-corrected chi connectivity index (χ4v) is 6.83. The Bertz CT molecular complexity index is 2760. The minimum absolute atomic E-state index is 0.0673. The number of hydrogen-bond donors (Lipinski definition) is 1. The van der Waals surface area contributed by atoms with E-state index in [2.05, 4.69) is 72.8 Å². The molecule has 2 heterocycles. The molecule has 0 saturated heterocycles. The van der Waals surface area contributed by atoms with Gasteiger partial charge in [-0.25, -0.2) is 4.99 Å². The lowest BCUT2D eigenvalue weighted by molar-refractivity contribution is 0.669. The van der Waals surface area contributed by atoms with Crippen molar-refractivity contribution in [3.8, 4) is 22.3 Å². The number of hydrogen-bond acceptors (Lipinski definition) is 2. The summed E-state index contributed by atoms with van der Waals surface area (Å²) in [5, 5.41) is 13.7. The third kappa shape index (κ3) is 5.18. The summed E-state index contributed by atoms with van der Waals surface area (Å²) in [6, 6.07) is 57.5. The first-order valence-corrected chi connectivity index (χ1v) is 16.6. The maximum atomic E-state index is 9.50. The zero-order chi connectivity index (χ0) is 33.4. The van der Waals surface area contributed by atoms with Crippen LogP contribution in [0.2, 0.25) is 0 Å². The summed E-state index contributed by atoms with van der Waals surface area (Å²) in [5.41, 5.74) is 9.51. The molecule has 0 aliphatic rings. The molecule has 236 valence electrons. The number of furan rings is 1. The maximum absolute atomic E-state index is 9.50. The highest BCUT2D eigenvalue weighted by atomic mass is 16.3. The molecule has 0 unspecified atom stereocenters. The first-order valence-electron chi connectivity index (χ1n) is 16.6. The molecule has 0 radical (unpaired) electrons. The van der Waals surface area contributed by atoms with Crippen LogP contribution in [0.4, 0.5) is 0 Å². The second kappa shape index (κ2) is 12.3. The number of fused-ring (bicyclic) bond motifs is 6. The van der Waals surface area contributed by atoms with Gasteiger partial charge in [-0.05, 0) is 58.1 Å². The Morgan fingerprint density at radius 1 is 0.540 bits per heavy atom. The molecule has 0 spiro atoms. The van der Waals surface area contributed by atoms with E-state index >= 15 is 0 Å². The van der Waals surface area contributed by atoms with Crippen molar-refractivity contribution < 1.29 is 4.42 Å². The van der Waals surface area contributed by atoms with E-state index in [4.69, 9.17) is 14.4 Å². The van der Waals surface area contributed by atoms with E-state index in [0.717, 1.165) is 77.1 Å². The van der Waals surface area contributed by atoms with E-state index in [0.29, 0.717) is 5.84 Å². The summed E-state index contributed by atoms with van der Waals surface area (Å²) in [7, 11) is 0. The van der Waals surface area contributed by atoms with Crippen LogP contribution < -0.4 is 0 Å². The molecule has 0 aliphatic heterocycles. The number of para-hydroxylation sites is 1. The van der Waals surface area contributed by atoms with Crippen LogP contribution >= 0.6 is 0 Å². The third-order valence-electron chi connectivity index (χ3n) is 9.18. The van der Waals surface area contributed by atoms with Crippen LogP contribution in [0.3, 0.4) is 0 Å². The molecular weight excluding hydrogens is 613 g/mol. The minimum Gasteiger partial charge on any atom is -0.456 e. The van der Waals surface area contributed by atoms with Crippen molar-refractivity contribution in [1.82, 2.24) is 4.57 Å². The van der Waals surface area contributed by atoms with Gasteiger partial charge in [0.15, 0.2) is 5.84 Å². The zero-order valence-corrected chi connectivity index (χ0v) is 27.0. The number of nitrogens with one attached hydrogen (secondary N) is 1. The molecule has 50 heavy (non-hydrogen) atoms. The summed E-state index contributed by atoms with van der Waals surface area (Å²) < 4.78 is 8.37. The number of nitrogens with zero attached hydrogens (tertiary/aromatic N) is 3. The van der Waals surface area contributed by atoms with Crippen molar-refractivity contribution in [3.05, 3.63) is 181 Å². The highest BCUT2D eigenvalue weighted by molar-refractivity contribution is 6.19. The van der Waals surface area contributed by atoms with Crippen LogP contribution in [0, 0.1) is 5.41 Å². The Balaban J connectivity index is 1.21. The van der Waals surface area contributed by atoms with E-state index in [1.165, 1.54) is 0 Å². The maximum Gasteiger partial charge on any atom is 0.229 e. The minimum atomic E-state index is 0.0673. The first kappa shape index (κ1) is 29.3. The van der Waals surface area contributed by atoms with Gasteiger partial charge in [-0.2, -0.15) is 4.99 Å². The van der Waals surface area contributed by atoms with Gasteiger partial charge in [0.1, 0.15) is 11.2 Å². The molecule has 0 saturated carbocycles. The van der Waals surface area contributed by atoms with E-state index < -0.39 is 0 Å². The van der Waals surface area contributed by atoms with Crippen molar-refractivity contribution in [2.75, 3.05) is 0 Å². The van der Waals surface area contributed by atoms with Crippen LogP contribution in [-0.4, -0.2) is 22.6 Å².